The van der Waals surface area contributed by atoms with Crippen LogP contribution in [-0.2, 0) is 0 Å². The normalized spacial score (nSPS) is 15.0. The number of hydrogen-bond acceptors (Lipinski definition) is 4. The topological polar surface area (TPSA) is 56.0 Å². The SMILES string of the molecule is IC1=C(c2nnnn2I)C=CC=C=N1. The molecule has 0 N–H and O–H groups in total. The van der Waals surface area contributed by atoms with Gasteiger partial charge in [-0.15, -0.1) is 5.10 Å². The Kier molecular flexibility index (Phi) is 3.08. The minimum Gasteiger partial charge on any atom is -0.199 e. The Balaban J connectivity index is 2.55. The van der Waals surface area contributed by atoms with Gasteiger partial charge in [0.25, 0.3) is 0 Å². The second kappa shape index (κ2) is 4.32. The van der Waals surface area contributed by atoms with Crippen molar-refractivity contribution in [3.8, 4) is 0 Å². The molecule has 70 valence electrons. The average molecular weight is 411 g/mol. The fourth-order valence-corrected chi connectivity index (χ4v) is 1.91. The number of aliphatic imine (C=N–C) groups is 1. The van der Waals surface area contributed by atoms with Gasteiger partial charge < -0.3 is 0 Å². The van der Waals surface area contributed by atoms with Crippen molar-refractivity contribution in [1.29, 1.82) is 0 Å². The highest BCUT2D eigenvalue weighted by Crippen LogP contribution is 2.24. The molecule has 1 aromatic heterocycles. The second-order valence-electron chi connectivity index (χ2n) is 2.33. The van der Waals surface area contributed by atoms with Crippen LogP contribution in [0.15, 0.2) is 26.9 Å². The lowest BCUT2D eigenvalue weighted by Gasteiger charge is -1.97. The fourth-order valence-electron chi connectivity index (χ4n) is 0.907. The summed E-state index contributed by atoms with van der Waals surface area (Å²) in [6.45, 7) is 0. The zero-order valence-corrected chi connectivity index (χ0v) is 11.0. The van der Waals surface area contributed by atoms with Crippen LogP contribution in [0.4, 0.5) is 0 Å². The minimum absolute atomic E-state index is 0.687. The molecule has 0 unspecified atom stereocenters. The van der Waals surface area contributed by atoms with Crippen LogP contribution < -0.4 is 0 Å². The van der Waals surface area contributed by atoms with Crippen molar-refractivity contribution in [3.05, 3.63) is 27.8 Å². The van der Waals surface area contributed by atoms with Crippen LogP contribution in [0.1, 0.15) is 5.82 Å². The molecule has 2 heterocycles. The molecular weight excluding hydrogens is 408 g/mol. The maximum Gasteiger partial charge on any atom is 0.195 e. The molecule has 5 nitrogen and oxygen atoms in total. The second-order valence-corrected chi connectivity index (χ2v) is 4.27. The first-order valence-corrected chi connectivity index (χ1v) is 5.64. The van der Waals surface area contributed by atoms with Gasteiger partial charge in [-0.05, 0) is 51.0 Å². The highest BCUT2D eigenvalue weighted by molar-refractivity contribution is 14.1. The van der Waals surface area contributed by atoms with E-state index < -0.39 is 0 Å². The zero-order chi connectivity index (χ0) is 9.97. The summed E-state index contributed by atoms with van der Waals surface area (Å²) in [5, 5.41) is 11.2. The van der Waals surface area contributed by atoms with E-state index in [1.54, 1.807) is 8.97 Å². The third-order valence-corrected chi connectivity index (χ3v) is 2.96. The first-order chi connectivity index (χ1) is 6.79. The number of hydrogen-bond donors (Lipinski definition) is 0. The van der Waals surface area contributed by atoms with E-state index in [4.69, 9.17) is 0 Å². The summed E-state index contributed by atoms with van der Waals surface area (Å²) in [6, 6.07) is 0. The number of halogens is 2. The highest BCUT2D eigenvalue weighted by Gasteiger charge is 2.11. The van der Waals surface area contributed by atoms with E-state index in [1.807, 2.05) is 35.0 Å². The monoisotopic (exact) mass is 411 g/mol. The van der Waals surface area contributed by atoms with Gasteiger partial charge in [0.05, 0.1) is 28.4 Å². The molecular formula is C7H3I2N5. The van der Waals surface area contributed by atoms with E-state index in [-0.39, 0.29) is 0 Å². The quantitative estimate of drug-likeness (QED) is 0.523. The van der Waals surface area contributed by atoms with Crippen LogP contribution in [0.2, 0.25) is 0 Å². The third kappa shape index (κ3) is 1.93. The summed E-state index contributed by atoms with van der Waals surface area (Å²) >= 11 is 4.15. The first-order valence-electron chi connectivity index (χ1n) is 3.60. The van der Waals surface area contributed by atoms with E-state index in [9.17, 15) is 0 Å². The van der Waals surface area contributed by atoms with Crippen molar-refractivity contribution in [2.75, 3.05) is 0 Å². The van der Waals surface area contributed by atoms with Gasteiger partial charge in [0.15, 0.2) is 5.82 Å². The number of rotatable bonds is 1. The molecule has 1 aliphatic rings. The molecule has 2 rings (SSSR count). The summed E-state index contributed by atoms with van der Waals surface area (Å²) in [4.78, 5) is 4.09. The molecule has 0 bridgehead atoms. The standard InChI is InChI=1S/C7H3I2N5/c8-6-5(3-1-2-4-10-6)7-11-12-13-14(7)9/h1-3H. The van der Waals surface area contributed by atoms with Crippen LogP contribution in [0.5, 0.6) is 0 Å². The molecule has 0 aromatic carbocycles. The molecule has 0 fully saturated rings. The van der Waals surface area contributed by atoms with Gasteiger partial charge in [-0.2, -0.15) is 7.89 Å². The smallest absolute Gasteiger partial charge is 0.195 e. The molecule has 0 saturated carbocycles. The summed E-state index contributed by atoms with van der Waals surface area (Å²) in [6.07, 6.45) is 5.51. The van der Waals surface area contributed by atoms with Crippen molar-refractivity contribution in [3.63, 3.8) is 0 Å². The van der Waals surface area contributed by atoms with Crippen molar-refractivity contribution in [2.24, 2.45) is 4.99 Å². The van der Waals surface area contributed by atoms with Crippen molar-refractivity contribution in [2.45, 2.75) is 0 Å². The molecule has 0 atom stereocenters. The lowest BCUT2D eigenvalue weighted by molar-refractivity contribution is 0.870. The van der Waals surface area contributed by atoms with Crippen LogP contribution in [0.25, 0.3) is 5.57 Å². The molecule has 0 saturated heterocycles. The van der Waals surface area contributed by atoms with Gasteiger partial charge in [0.1, 0.15) is 3.70 Å². The molecule has 0 amide bonds. The van der Waals surface area contributed by atoms with Gasteiger partial charge in [-0.25, -0.2) is 0 Å². The molecule has 0 radical (unpaired) electrons. The van der Waals surface area contributed by atoms with E-state index in [1.165, 1.54) is 0 Å². The van der Waals surface area contributed by atoms with Gasteiger partial charge in [-0.1, -0.05) is 6.08 Å². The van der Waals surface area contributed by atoms with Crippen molar-refractivity contribution >= 4 is 56.9 Å². The highest BCUT2D eigenvalue weighted by atomic mass is 127. The Morgan fingerprint density at radius 1 is 1.43 bits per heavy atom. The van der Waals surface area contributed by atoms with Gasteiger partial charge >= 0.3 is 0 Å². The summed E-state index contributed by atoms with van der Waals surface area (Å²) in [7, 11) is 0. The largest absolute Gasteiger partial charge is 0.199 e. The predicted octanol–water partition coefficient (Wildman–Crippen LogP) is 1.77. The Labute approximate surface area is 107 Å². The lowest BCUT2D eigenvalue weighted by atomic mass is 10.2. The number of allylic oxidation sites excluding steroid dienone is 4. The minimum atomic E-state index is 0.687. The van der Waals surface area contributed by atoms with Crippen molar-refractivity contribution < 1.29 is 0 Å². The van der Waals surface area contributed by atoms with E-state index >= 15 is 0 Å². The molecule has 0 spiro atoms. The van der Waals surface area contributed by atoms with E-state index in [0.717, 1.165) is 9.28 Å². The van der Waals surface area contributed by atoms with E-state index in [0.29, 0.717) is 5.82 Å². The Morgan fingerprint density at radius 2 is 2.29 bits per heavy atom. The molecule has 0 aliphatic carbocycles. The van der Waals surface area contributed by atoms with Gasteiger partial charge in [0.2, 0.25) is 0 Å². The maximum atomic E-state index is 4.09. The summed E-state index contributed by atoms with van der Waals surface area (Å²) in [5.41, 5.74) is 0.895. The molecule has 14 heavy (non-hydrogen) atoms. The van der Waals surface area contributed by atoms with Gasteiger partial charge in [0, 0.05) is 0 Å². The summed E-state index contributed by atoms with van der Waals surface area (Å²) < 4.78 is 2.40. The molecule has 7 heteroatoms. The lowest BCUT2D eigenvalue weighted by Crippen LogP contribution is -1.92. The van der Waals surface area contributed by atoms with Crippen LogP contribution >= 0.6 is 45.5 Å². The summed E-state index contributed by atoms with van der Waals surface area (Å²) in [5.74, 6) is 3.46. The maximum absolute atomic E-state index is 4.09. The average Bonchev–Trinajstić information content (AvgIpc) is 2.46. The van der Waals surface area contributed by atoms with Crippen LogP contribution in [0, 0.1) is 0 Å². The zero-order valence-electron chi connectivity index (χ0n) is 6.72. The Bertz CT molecular complexity index is 478. The number of tetrazole rings is 1. The predicted molar refractivity (Wildman–Crippen MR) is 69.3 cm³/mol. The van der Waals surface area contributed by atoms with Crippen molar-refractivity contribution in [1.82, 2.24) is 18.4 Å². The Morgan fingerprint density at radius 3 is 3.00 bits per heavy atom. The Hall–Kier alpha value is -0.540. The van der Waals surface area contributed by atoms with E-state index in [2.05, 4.69) is 49.0 Å². The first kappa shape index (κ1) is 9.99. The van der Waals surface area contributed by atoms with Gasteiger partial charge in [-0.3, -0.25) is 0 Å². The molecule has 1 aromatic rings. The molecule has 1 aliphatic heterocycles. The fraction of sp³-hybridized carbons (Fsp3) is 0. The number of aromatic nitrogens is 4. The third-order valence-electron chi connectivity index (χ3n) is 1.49. The number of nitrogens with zero attached hydrogens (tertiary/aromatic N) is 5. The van der Waals surface area contributed by atoms with Crippen LogP contribution in [-0.4, -0.2) is 24.3 Å². The van der Waals surface area contributed by atoms with Crippen LogP contribution in [0.3, 0.4) is 0 Å².